The Bertz CT molecular complexity index is 656. The molecule has 0 aliphatic heterocycles. The van der Waals surface area contributed by atoms with Gasteiger partial charge in [0, 0.05) is 24.1 Å². The second kappa shape index (κ2) is 6.48. The van der Waals surface area contributed by atoms with Gasteiger partial charge in [-0.3, -0.25) is 4.79 Å². The molecule has 0 fully saturated rings. The number of anilines is 2. The first-order valence-corrected chi connectivity index (χ1v) is 6.48. The van der Waals surface area contributed by atoms with Crippen LogP contribution in [0.2, 0.25) is 0 Å². The summed E-state index contributed by atoms with van der Waals surface area (Å²) in [7, 11) is 0. The predicted octanol–water partition coefficient (Wildman–Crippen LogP) is 2.42. The number of hydrogen-bond donors (Lipinski definition) is 2. The van der Waals surface area contributed by atoms with E-state index < -0.39 is 0 Å². The zero-order chi connectivity index (χ0) is 15.2. The Morgan fingerprint density at radius 2 is 1.81 bits per heavy atom. The zero-order valence-electron chi connectivity index (χ0n) is 11.8. The molecule has 6 nitrogen and oxygen atoms in total. The number of nitrogens with zero attached hydrogens (tertiary/aromatic N) is 3. The Morgan fingerprint density at radius 1 is 1.19 bits per heavy atom. The van der Waals surface area contributed by atoms with Gasteiger partial charge < -0.3 is 10.6 Å². The maximum atomic E-state index is 12.0. The second-order valence-corrected chi connectivity index (χ2v) is 4.74. The number of nitriles is 1. The smallest absolute Gasteiger partial charge is 0.258 e. The fourth-order valence-corrected chi connectivity index (χ4v) is 1.61. The van der Waals surface area contributed by atoms with E-state index in [1.54, 1.807) is 24.3 Å². The van der Waals surface area contributed by atoms with Crippen molar-refractivity contribution in [3.05, 3.63) is 47.8 Å². The van der Waals surface area contributed by atoms with E-state index in [0.29, 0.717) is 22.8 Å². The van der Waals surface area contributed by atoms with Crippen LogP contribution < -0.4 is 10.6 Å². The summed E-state index contributed by atoms with van der Waals surface area (Å²) in [6.07, 6.45) is 2.94. The van der Waals surface area contributed by atoms with Crippen LogP contribution >= 0.6 is 0 Å². The highest BCUT2D eigenvalue weighted by molar-refractivity contribution is 6.03. The third kappa shape index (κ3) is 4.01. The van der Waals surface area contributed by atoms with Gasteiger partial charge in [-0.25, -0.2) is 9.97 Å². The summed E-state index contributed by atoms with van der Waals surface area (Å²) in [5.41, 5.74) is 1.53. The normalized spacial score (nSPS) is 10.0. The first-order valence-electron chi connectivity index (χ1n) is 6.48. The molecule has 0 atom stereocenters. The van der Waals surface area contributed by atoms with E-state index in [-0.39, 0.29) is 11.9 Å². The minimum atomic E-state index is -0.296. The van der Waals surface area contributed by atoms with Gasteiger partial charge in [-0.15, -0.1) is 0 Å². The number of benzene rings is 1. The molecule has 1 amide bonds. The largest absolute Gasteiger partial charge is 0.352 e. The highest BCUT2D eigenvalue weighted by Crippen LogP contribution is 2.11. The lowest BCUT2D eigenvalue weighted by atomic mass is 10.2. The van der Waals surface area contributed by atoms with E-state index in [1.807, 2.05) is 19.9 Å². The van der Waals surface area contributed by atoms with Gasteiger partial charge in [0.1, 0.15) is 0 Å². The van der Waals surface area contributed by atoms with Crippen molar-refractivity contribution in [3.63, 3.8) is 0 Å². The van der Waals surface area contributed by atoms with Gasteiger partial charge >= 0.3 is 0 Å². The molecule has 2 N–H and O–H groups in total. The maximum absolute atomic E-state index is 12.0. The van der Waals surface area contributed by atoms with Crippen molar-refractivity contribution in [2.24, 2.45) is 0 Å². The van der Waals surface area contributed by atoms with E-state index in [0.717, 1.165) is 0 Å². The summed E-state index contributed by atoms with van der Waals surface area (Å²) in [6, 6.07) is 8.87. The number of carbonyl (C=O) groups excluding carboxylic acids is 1. The molecule has 1 aromatic carbocycles. The van der Waals surface area contributed by atoms with Crippen LogP contribution in [-0.2, 0) is 0 Å². The molecule has 2 rings (SSSR count). The number of aromatic nitrogens is 2. The first kappa shape index (κ1) is 14.5. The van der Waals surface area contributed by atoms with Crippen LogP contribution in [0.4, 0.5) is 11.6 Å². The fourth-order valence-electron chi connectivity index (χ4n) is 1.61. The topological polar surface area (TPSA) is 90.7 Å². The molecular formula is C15H15N5O. The quantitative estimate of drug-likeness (QED) is 0.898. The van der Waals surface area contributed by atoms with Gasteiger partial charge in [0.15, 0.2) is 0 Å². The Balaban J connectivity index is 2.04. The number of nitrogens with one attached hydrogen (secondary N) is 2. The average Bonchev–Trinajstić information content (AvgIpc) is 2.48. The third-order valence-electron chi connectivity index (χ3n) is 2.60. The lowest BCUT2D eigenvalue weighted by Gasteiger charge is -2.08. The average molecular weight is 281 g/mol. The Labute approximate surface area is 122 Å². The first-order chi connectivity index (χ1) is 10.1. The van der Waals surface area contributed by atoms with Crippen LogP contribution in [0.5, 0.6) is 0 Å². The van der Waals surface area contributed by atoms with Crippen molar-refractivity contribution in [3.8, 4) is 6.07 Å². The van der Waals surface area contributed by atoms with Gasteiger partial charge in [-0.1, -0.05) is 0 Å². The molecule has 6 heteroatoms. The molecule has 0 unspecified atom stereocenters. The molecule has 0 spiro atoms. The fraction of sp³-hybridized carbons (Fsp3) is 0.200. The molecule has 0 aliphatic rings. The second-order valence-electron chi connectivity index (χ2n) is 4.74. The Morgan fingerprint density at radius 3 is 2.33 bits per heavy atom. The van der Waals surface area contributed by atoms with Gasteiger partial charge in [-0.2, -0.15) is 5.26 Å². The van der Waals surface area contributed by atoms with Crippen LogP contribution in [0.15, 0.2) is 36.7 Å². The molecule has 21 heavy (non-hydrogen) atoms. The van der Waals surface area contributed by atoms with Gasteiger partial charge in [0.05, 0.1) is 17.2 Å². The molecule has 1 heterocycles. The van der Waals surface area contributed by atoms with Crippen LogP contribution in [0.1, 0.15) is 29.8 Å². The third-order valence-corrected chi connectivity index (χ3v) is 2.60. The van der Waals surface area contributed by atoms with Gasteiger partial charge in [0.25, 0.3) is 5.91 Å². The summed E-state index contributed by atoms with van der Waals surface area (Å²) in [5, 5.41) is 14.5. The monoisotopic (exact) mass is 281 g/mol. The van der Waals surface area contributed by atoms with Crippen molar-refractivity contribution in [1.29, 1.82) is 5.26 Å². The Hall–Kier alpha value is -2.94. The summed E-state index contributed by atoms with van der Waals surface area (Å²) >= 11 is 0. The zero-order valence-corrected chi connectivity index (χ0v) is 11.8. The molecule has 0 saturated carbocycles. The van der Waals surface area contributed by atoms with E-state index >= 15 is 0 Å². The minimum Gasteiger partial charge on any atom is -0.352 e. The van der Waals surface area contributed by atoms with Crippen LogP contribution in [-0.4, -0.2) is 21.9 Å². The summed E-state index contributed by atoms with van der Waals surface area (Å²) in [6.45, 7) is 3.96. The van der Waals surface area contributed by atoms with Gasteiger partial charge in [-0.05, 0) is 38.1 Å². The molecule has 0 saturated heterocycles. The van der Waals surface area contributed by atoms with Crippen LogP contribution in [0.25, 0.3) is 0 Å². The molecule has 1 aromatic heterocycles. The van der Waals surface area contributed by atoms with E-state index in [2.05, 4.69) is 20.6 Å². The van der Waals surface area contributed by atoms with Crippen molar-refractivity contribution in [2.45, 2.75) is 19.9 Å². The van der Waals surface area contributed by atoms with Crippen LogP contribution in [0.3, 0.4) is 0 Å². The minimum absolute atomic E-state index is 0.225. The molecule has 106 valence electrons. The predicted molar refractivity (Wildman–Crippen MR) is 79.9 cm³/mol. The van der Waals surface area contributed by atoms with E-state index in [4.69, 9.17) is 5.26 Å². The van der Waals surface area contributed by atoms with E-state index in [9.17, 15) is 4.79 Å². The standard InChI is InChI=1S/C15H15N5O/c1-10(2)19-15-17-8-12(9-18-15)14(21)20-13-5-3-11(7-16)4-6-13/h3-6,8-10H,1-2H3,(H,20,21)(H,17,18,19). The van der Waals surface area contributed by atoms with Crippen LogP contribution in [0, 0.1) is 11.3 Å². The van der Waals surface area contributed by atoms with Crippen molar-refractivity contribution < 1.29 is 4.79 Å². The number of amides is 1. The Kier molecular flexibility index (Phi) is 4.46. The number of carbonyl (C=O) groups is 1. The van der Waals surface area contributed by atoms with Gasteiger partial charge in [0.2, 0.25) is 5.95 Å². The number of hydrogen-bond acceptors (Lipinski definition) is 5. The van der Waals surface area contributed by atoms with Crippen molar-refractivity contribution in [1.82, 2.24) is 9.97 Å². The molecule has 2 aromatic rings. The lowest BCUT2D eigenvalue weighted by molar-refractivity contribution is 0.102. The molecule has 0 radical (unpaired) electrons. The summed E-state index contributed by atoms with van der Waals surface area (Å²) in [5.74, 6) is 0.190. The SMILES string of the molecule is CC(C)Nc1ncc(C(=O)Nc2ccc(C#N)cc2)cn1. The highest BCUT2D eigenvalue weighted by atomic mass is 16.1. The van der Waals surface area contributed by atoms with E-state index in [1.165, 1.54) is 12.4 Å². The summed E-state index contributed by atoms with van der Waals surface area (Å²) < 4.78 is 0. The molecular weight excluding hydrogens is 266 g/mol. The van der Waals surface area contributed by atoms with Crippen molar-refractivity contribution in [2.75, 3.05) is 10.6 Å². The lowest BCUT2D eigenvalue weighted by Crippen LogP contribution is -2.15. The highest BCUT2D eigenvalue weighted by Gasteiger charge is 2.08. The molecule has 0 aliphatic carbocycles. The van der Waals surface area contributed by atoms with Crippen molar-refractivity contribution >= 4 is 17.5 Å². The summed E-state index contributed by atoms with van der Waals surface area (Å²) in [4.78, 5) is 20.2. The number of rotatable bonds is 4. The molecule has 0 bridgehead atoms. The maximum Gasteiger partial charge on any atom is 0.258 e.